The van der Waals surface area contributed by atoms with Crippen molar-refractivity contribution in [3.63, 3.8) is 0 Å². The van der Waals surface area contributed by atoms with Crippen LogP contribution in [0.3, 0.4) is 0 Å². The lowest BCUT2D eigenvalue weighted by Crippen LogP contribution is -2.23. The van der Waals surface area contributed by atoms with Gasteiger partial charge >= 0.3 is 5.97 Å². The molecular weight excluding hydrogens is 276 g/mol. The number of benzene rings is 1. The van der Waals surface area contributed by atoms with Gasteiger partial charge in [0.1, 0.15) is 11.4 Å². The first-order valence-corrected chi connectivity index (χ1v) is 7.05. The van der Waals surface area contributed by atoms with Crippen molar-refractivity contribution in [2.45, 2.75) is 26.4 Å². The molecule has 20 heavy (non-hydrogen) atoms. The van der Waals surface area contributed by atoms with Crippen LogP contribution < -0.4 is 9.47 Å². The largest absolute Gasteiger partial charge is 0.497 e. The van der Waals surface area contributed by atoms with Crippen molar-refractivity contribution in [1.29, 1.82) is 0 Å². The van der Waals surface area contributed by atoms with E-state index in [1.807, 2.05) is 39.0 Å². The summed E-state index contributed by atoms with van der Waals surface area (Å²) in [5, 5.41) is 0.865. The summed E-state index contributed by atoms with van der Waals surface area (Å²) in [6, 6.07) is 5.65. The van der Waals surface area contributed by atoms with Crippen molar-refractivity contribution < 1.29 is 19.0 Å². The zero-order valence-corrected chi connectivity index (χ0v) is 13.1. The summed E-state index contributed by atoms with van der Waals surface area (Å²) in [5.41, 5.74) is -0.403. The van der Waals surface area contributed by atoms with Gasteiger partial charge in [0.25, 0.3) is 0 Å². The number of fused-ring (bicyclic) bond motifs is 1. The van der Waals surface area contributed by atoms with Crippen molar-refractivity contribution in [2.75, 3.05) is 14.2 Å². The molecule has 0 unspecified atom stereocenters. The van der Waals surface area contributed by atoms with Gasteiger partial charge in [0.05, 0.1) is 14.2 Å². The van der Waals surface area contributed by atoms with Gasteiger partial charge in [-0.25, -0.2) is 4.79 Å². The third-order valence-corrected chi connectivity index (χ3v) is 3.76. The number of ether oxygens (including phenoxy) is 3. The highest BCUT2D eigenvalue weighted by molar-refractivity contribution is 7.21. The van der Waals surface area contributed by atoms with Crippen LogP contribution in [0, 0.1) is 0 Å². The van der Waals surface area contributed by atoms with Crippen molar-refractivity contribution in [2.24, 2.45) is 0 Å². The Labute approximate surface area is 122 Å². The van der Waals surface area contributed by atoms with Gasteiger partial charge in [0.15, 0.2) is 10.6 Å². The predicted octanol–water partition coefficient (Wildman–Crippen LogP) is 3.87. The molecule has 0 aliphatic carbocycles. The van der Waals surface area contributed by atoms with Crippen molar-refractivity contribution in [3.8, 4) is 11.5 Å². The van der Waals surface area contributed by atoms with E-state index in [-0.39, 0.29) is 5.97 Å². The Morgan fingerprint density at radius 2 is 1.90 bits per heavy atom. The molecular formula is C15H18O4S. The molecule has 1 heterocycles. The number of carbonyl (C=O) groups excluding carboxylic acids is 1. The van der Waals surface area contributed by atoms with Crippen LogP contribution in [0.15, 0.2) is 18.2 Å². The standard InChI is InChI=1S/C15H18O4S/c1-15(2,3)19-12-10-8-9(17-4)6-7-11(10)20-13(12)14(16)18-5/h6-8H,1-5H3. The lowest BCUT2D eigenvalue weighted by molar-refractivity contribution is 0.0594. The number of hydrogen-bond acceptors (Lipinski definition) is 5. The second kappa shape index (κ2) is 5.32. The molecule has 0 spiro atoms. The molecule has 0 saturated carbocycles. The molecule has 4 nitrogen and oxygen atoms in total. The number of methoxy groups -OCH3 is 2. The van der Waals surface area contributed by atoms with Gasteiger partial charge in [-0.1, -0.05) is 0 Å². The molecule has 0 aliphatic rings. The summed E-state index contributed by atoms with van der Waals surface area (Å²) in [7, 11) is 2.98. The predicted molar refractivity (Wildman–Crippen MR) is 80.1 cm³/mol. The second-order valence-corrected chi connectivity index (χ2v) is 6.38. The topological polar surface area (TPSA) is 44.8 Å². The number of thiophene rings is 1. The van der Waals surface area contributed by atoms with E-state index in [9.17, 15) is 4.79 Å². The van der Waals surface area contributed by atoms with Crippen LogP contribution in [0.5, 0.6) is 11.5 Å². The highest BCUT2D eigenvalue weighted by atomic mass is 32.1. The molecule has 5 heteroatoms. The molecule has 2 rings (SSSR count). The summed E-state index contributed by atoms with van der Waals surface area (Å²) < 4.78 is 17.0. The Morgan fingerprint density at radius 3 is 2.45 bits per heavy atom. The zero-order chi connectivity index (χ0) is 14.9. The Hall–Kier alpha value is -1.75. The summed E-state index contributed by atoms with van der Waals surface area (Å²) in [6.07, 6.45) is 0. The molecule has 2 aromatic rings. The number of esters is 1. The fourth-order valence-electron chi connectivity index (χ4n) is 1.82. The van der Waals surface area contributed by atoms with E-state index < -0.39 is 5.60 Å². The Bertz CT molecular complexity index is 637. The SMILES string of the molecule is COC(=O)c1sc2ccc(OC)cc2c1OC(C)(C)C. The molecule has 0 saturated heterocycles. The minimum atomic E-state index is -0.403. The molecule has 0 fully saturated rings. The monoisotopic (exact) mass is 294 g/mol. The molecule has 108 valence electrons. The highest BCUT2D eigenvalue weighted by Crippen LogP contribution is 2.41. The van der Waals surface area contributed by atoms with Gasteiger partial charge in [-0.2, -0.15) is 0 Å². The van der Waals surface area contributed by atoms with Gasteiger partial charge < -0.3 is 14.2 Å². The zero-order valence-electron chi connectivity index (χ0n) is 12.3. The molecule has 0 bridgehead atoms. The van der Waals surface area contributed by atoms with Gasteiger partial charge in [0, 0.05) is 10.1 Å². The van der Waals surface area contributed by atoms with E-state index in [2.05, 4.69) is 0 Å². The van der Waals surface area contributed by atoms with E-state index in [1.165, 1.54) is 18.4 Å². The van der Waals surface area contributed by atoms with Crippen LogP contribution in [-0.4, -0.2) is 25.8 Å². The molecule has 0 radical (unpaired) electrons. The lowest BCUT2D eigenvalue weighted by atomic mass is 10.1. The summed E-state index contributed by atoms with van der Waals surface area (Å²) in [6.45, 7) is 5.83. The fourth-order valence-corrected chi connectivity index (χ4v) is 2.84. The minimum absolute atomic E-state index is 0.385. The average molecular weight is 294 g/mol. The summed E-state index contributed by atoms with van der Waals surface area (Å²) in [4.78, 5) is 12.4. The highest BCUT2D eigenvalue weighted by Gasteiger charge is 2.24. The Balaban J connectivity index is 2.65. The quantitative estimate of drug-likeness (QED) is 0.806. The van der Waals surface area contributed by atoms with Crippen LogP contribution in [0.4, 0.5) is 0 Å². The smallest absolute Gasteiger partial charge is 0.351 e. The van der Waals surface area contributed by atoms with Crippen molar-refractivity contribution in [1.82, 2.24) is 0 Å². The van der Waals surface area contributed by atoms with Gasteiger partial charge in [-0.15, -0.1) is 11.3 Å². The van der Waals surface area contributed by atoms with Crippen LogP contribution in [-0.2, 0) is 4.74 Å². The van der Waals surface area contributed by atoms with Gasteiger partial charge in [0.2, 0.25) is 0 Å². The van der Waals surface area contributed by atoms with E-state index >= 15 is 0 Å². The third kappa shape index (κ3) is 2.88. The van der Waals surface area contributed by atoms with Crippen LogP contribution in [0.25, 0.3) is 10.1 Å². The molecule has 0 aliphatic heterocycles. The first-order chi connectivity index (χ1) is 9.35. The molecule has 1 aromatic carbocycles. The van der Waals surface area contributed by atoms with Crippen LogP contribution >= 0.6 is 11.3 Å². The first-order valence-electron chi connectivity index (χ1n) is 6.23. The van der Waals surface area contributed by atoms with E-state index in [0.717, 1.165) is 15.8 Å². The number of carbonyl (C=O) groups is 1. The first kappa shape index (κ1) is 14.7. The Morgan fingerprint density at radius 1 is 1.20 bits per heavy atom. The molecule has 0 atom stereocenters. The number of rotatable bonds is 3. The Kier molecular flexibility index (Phi) is 3.90. The van der Waals surface area contributed by atoms with Crippen LogP contribution in [0.2, 0.25) is 0 Å². The second-order valence-electron chi connectivity index (χ2n) is 5.33. The van der Waals surface area contributed by atoms with Gasteiger partial charge in [-0.05, 0) is 39.0 Å². The average Bonchev–Trinajstić information content (AvgIpc) is 2.74. The van der Waals surface area contributed by atoms with E-state index in [0.29, 0.717) is 10.6 Å². The van der Waals surface area contributed by atoms with Crippen LogP contribution in [0.1, 0.15) is 30.4 Å². The molecule has 0 amide bonds. The van der Waals surface area contributed by atoms with Gasteiger partial charge in [-0.3, -0.25) is 0 Å². The maximum atomic E-state index is 11.9. The maximum absolute atomic E-state index is 11.9. The summed E-state index contributed by atoms with van der Waals surface area (Å²) >= 11 is 1.36. The maximum Gasteiger partial charge on any atom is 0.351 e. The van der Waals surface area contributed by atoms with Crippen molar-refractivity contribution >= 4 is 27.4 Å². The van der Waals surface area contributed by atoms with E-state index in [1.54, 1.807) is 7.11 Å². The third-order valence-electron chi connectivity index (χ3n) is 2.63. The molecule has 0 N–H and O–H groups in total. The van der Waals surface area contributed by atoms with Crippen molar-refractivity contribution in [3.05, 3.63) is 23.1 Å². The normalized spacial score (nSPS) is 11.4. The van der Waals surface area contributed by atoms with E-state index in [4.69, 9.17) is 14.2 Å². The minimum Gasteiger partial charge on any atom is -0.497 e. The summed E-state index contributed by atoms with van der Waals surface area (Å²) in [5.74, 6) is 0.901. The molecule has 1 aromatic heterocycles. The number of hydrogen-bond donors (Lipinski definition) is 0. The lowest BCUT2D eigenvalue weighted by Gasteiger charge is -2.21. The fraction of sp³-hybridized carbons (Fsp3) is 0.400.